The molecular formula is C20H24O2. The van der Waals surface area contributed by atoms with E-state index in [2.05, 4.69) is 39.8 Å². The molecule has 0 aromatic heterocycles. The van der Waals surface area contributed by atoms with Crippen LogP contribution in [0.15, 0.2) is 36.4 Å². The average Bonchev–Trinajstić information content (AvgIpc) is 2.53. The number of ether oxygens (including phenoxy) is 1. The van der Waals surface area contributed by atoms with Gasteiger partial charge in [0.2, 0.25) is 0 Å². The maximum absolute atomic E-state index is 12.4. The largest absolute Gasteiger partial charge is 0.462 e. The lowest BCUT2D eigenvalue weighted by atomic mass is 9.91. The summed E-state index contributed by atoms with van der Waals surface area (Å²) in [5.74, 6) is -0.235. The highest BCUT2D eigenvalue weighted by atomic mass is 16.5. The van der Waals surface area contributed by atoms with E-state index in [1.54, 1.807) is 0 Å². The summed E-state index contributed by atoms with van der Waals surface area (Å²) in [5, 5.41) is 0. The van der Waals surface area contributed by atoms with E-state index < -0.39 is 0 Å². The zero-order valence-corrected chi connectivity index (χ0v) is 13.9. The van der Waals surface area contributed by atoms with Crippen molar-refractivity contribution >= 4 is 5.97 Å². The van der Waals surface area contributed by atoms with E-state index >= 15 is 0 Å². The third-order valence-electron chi connectivity index (χ3n) is 4.23. The van der Waals surface area contributed by atoms with Crippen molar-refractivity contribution in [3.8, 4) is 11.1 Å². The maximum atomic E-state index is 12.4. The summed E-state index contributed by atoms with van der Waals surface area (Å²) in [6, 6.07) is 11.9. The van der Waals surface area contributed by atoms with Crippen molar-refractivity contribution in [1.82, 2.24) is 0 Å². The first kappa shape index (κ1) is 16.3. The molecule has 2 heteroatoms. The second-order valence-electron chi connectivity index (χ2n) is 5.72. The van der Waals surface area contributed by atoms with Crippen molar-refractivity contribution < 1.29 is 9.53 Å². The quantitative estimate of drug-likeness (QED) is 0.557. The highest BCUT2D eigenvalue weighted by Gasteiger charge is 2.15. The number of hydrogen-bond donors (Lipinski definition) is 0. The van der Waals surface area contributed by atoms with Crippen molar-refractivity contribution in [3.05, 3.63) is 58.7 Å². The molecule has 0 radical (unpaired) electrons. The molecule has 2 aromatic rings. The van der Waals surface area contributed by atoms with Crippen LogP contribution in [0, 0.1) is 20.8 Å². The molecule has 0 aliphatic rings. The molecule has 116 valence electrons. The van der Waals surface area contributed by atoms with E-state index in [1.165, 1.54) is 16.7 Å². The Bertz CT molecular complexity index is 671. The third-order valence-corrected chi connectivity index (χ3v) is 4.23. The Morgan fingerprint density at radius 2 is 1.68 bits per heavy atom. The van der Waals surface area contributed by atoms with Gasteiger partial charge in [0.05, 0.1) is 12.2 Å². The van der Waals surface area contributed by atoms with Gasteiger partial charge in [-0.2, -0.15) is 0 Å². The van der Waals surface area contributed by atoms with Crippen LogP contribution in [0.25, 0.3) is 11.1 Å². The Kier molecular flexibility index (Phi) is 5.37. The molecule has 0 saturated heterocycles. The first-order chi connectivity index (χ1) is 10.6. The predicted molar refractivity (Wildman–Crippen MR) is 91.3 cm³/mol. The topological polar surface area (TPSA) is 26.3 Å². The minimum Gasteiger partial charge on any atom is -0.462 e. The molecule has 0 atom stereocenters. The molecule has 0 N–H and O–H groups in total. The van der Waals surface area contributed by atoms with Crippen LogP contribution in [0.1, 0.15) is 46.8 Å². The van der Waals surface area contributed by atoms with Crippen molar-refractivity contribution in [2.75, 3.05) is 6.61 Å². The molecule has 2 nitrogen and oxygen atoms in total. The molecule has 0 aliphatic heterocycles. The van der Waals surface area contributed by atoms with Gasteiger partial charge in [-0.15, -0.1) is 0 Å². The van der Waals surface area contributed by atoms with Gasteiger partial charge in [0.25, 0.3) is 0 Å². The van der Waals surface area contributed by atoms with Crippen molar-refractivity contribution in [2.45, 2.75) is 40.5 Å². The van der Waals surface area contributed by atoms with E-state index in [-0.39, 0.29) is 5.97 Å². The van der Waals surface area contributed by atoms with Gasteiger partial charge in [-0.25, -0.2) is 4.79 Å². The van der Waals surface area contributed by atoms with Gasteiger partial charge in [0.15, 0.2) is 0 Å². The number of carbonyl (C=O) groups excluding carboxylic acids is 1. The lowest BCUT2D eigenvalue weighted by Gasteiger charge is -2.14. The third kappa shape index (κ3) is 3.38. The van der Waals surface area contributed by atoms with Crippen LogP contribution in [0.4, 0.5) is 0 Å². The number of hydrogen-bond acceptors (Lipinski definition) is 2. The highest BCUT2D eigenvalue weighted by molar-refractivity contribution is 5.97. The van der Waals surface area contributed by atoms with Gasteiger partial charge in [-0.3, -0.25) is 0 Å². The first-order valence-electron chi connectivity index (χ1n) is 7.89. The molecule has 2 aromatic carbocycles. The normalized spacial score (nSPS) is 10.5. The second kappa shape index (κ2) is 7.26. The summed E-state index contributed by atoms with van der Waals surface area (Å²) in [7, 11) is 0. The Balaban J connectivity index is 2.41. The predicted octanol–water partition coefficient (Wildman–Crippen LogP) is 5.24. The number of unbranched alkanes of at least 4 members (excludes halogenated alkanes) is 1. The molecule has 22 heavy (non-hydrogen) atoms. The van der Waals surface area contributed by atoms with Gasteiger partial charge in [0.1, 0.15) is 0 Å². The van der Waals surface area contributed by atoms with Crippen LogP contribution in [0.3, 0.4) is 0 Å². The van der Waals surface area contributed by atoms with E-state index in [9.17, 15) is 4.79 Å². The van der Waals surface area contributed by atoms with Crippen LogP contribution in [0.5, 0.6) is 0 Å². The van der Waals surface area contributed by atoms with Crippen LogP contribution >= 0.6 is 0 Å². The summed E-state index contributed by atoms with van der Waals surface area (Å²) in [6.07, 6.45) is 1.92. The standard InChI is InChI=1S/C20H24O2/c1-5-6-13-22-20(21)19-10-8-7-9-18(19)17-12-11-14(2)15(3)16(17)4/h7-12H,5-6,13H2,1-4H3. The Morgan fingerprint density at radius 1 is 0.955 bits per heavy atom. The number of esters is 1. The molecule has 0 unspecified atom stereocenters. The summed E-state index contributed by atoms with van der Waals surface area (Å²) in [5.41, 5.74) is 6.45. The molecule has 2 rings (SSSR count). The molecule has 0 spiro atoms. The lowest BCUT2D eigenvalue weighted by Crippen LogP contribution is -2.08. The fraction of sp³-hybridized carbons (Fsp3) is 0.350. The minimum atomic E-state index is -0.235. The number of rotatable bonds is 5. The van der Waals surface area contributed by atoms with E-state index in [4.69, 9.17) is 4.74 Å². The highest BCUT2D eigenvalue weighted by Crippen LogP contribution is 2.30. The molecule has 0 amide bonds. The van der Waals surface area contributed by atoms with E-state index in [1.807, 2.05) is 24.3 Å². The first-order valence-corrected chi connectivity index (χ1v) is 7.89. The summed E-state index contributed by atoms with van der Waals surface area (Å²) >= 11 is 0. The fourth-order valence-corrected chi connectivity index (χ4v) is 2.53. The van der Waals surface area contributed by atoms with Crippen molar-refractivity contribution in [1.29, 1.82) is 0 Å². The van der Waals surface area contributed by atoms with Crippen molar-refractivity contribution in [3.63, 3.8) is 0 Å². The smallest absolute Gasteiger partial charge is 0.338 e. The fourth-order valence-electron chi connectivity index (χ4n) is 2.53. The van der Waals surface area contributed by atoms with Gasteiger partial charge in [-0.05, 0) is 61.1 Å². The summed E-state index contributed by atoms with van der Waals surface area (Å²) in [4.78, 5) is 12.4. The zero-order valence-electron chi connectivity index (χ0n) is 13.9. The number of carbonyl (C=O) groups is 1. The Morgan fingerprint density at radius 3 is 2.41 bits per heavy atom. The zero-order chi connectivity index (χ0) is 16.1. The monoisotopic (exact) mass is 296 g/mol. The maximum Gasteiger partial charge on any atom is 0.338 e. The van der Waals surface area contributed by atoms with Gasteiger partial charge in [0, 0.05) is 0 Å². The average molecular weight is 296 g/mol. The van der Waals surface area contributed by atoms with Crippen LogP contribution in [-0.4, -0.2) is 12.6 Å². The minimum absolute atomic E-state index is 0.235. The number of aryl methyl sites for hydroxylation is 1. The summed E-state index contributed by atoms with van der Waals surface area (Å²) < 4.78 is 5.39. The van der Waals surface area contributed by atoms with Crippen LogP contribution in [0.2, 0.25) is 0 Å². The van der Waals surface area contributed by atoms with E-state index in [0.717, 1.165) is 24.0 Å². The Hall–Kier alpha value is -2.09. The summed E-state index contributed by atoms with van der Waals surface area (Å²) in [6.45, 7) is 8.90. The lowest BCUT2D eigenvalue weighted by molar-refractivity contribution is 0.0500. The number of benzene rings is 2. The van der Waals surface area contributed by atoms with Crippen molar-refractivity contribution in [2.24, 2.45) is 0 Å². The molecule has 0 saturated carbocycles. The van der Waals surface area contributed by atoms with Crippen LogP contribution < -0.4 is 0 Å². The van der Waals surface area contributed by atoms with Gasteiger partial charge < -0.3 is 4.74 Å². The van der Waals surface area contributed by atoms with Gasteiger partial charge in [-0.1, -0.05) is 43.7 Å². The molecule has 0 fully saturated rings. The second-order valence-corrected chi connectivity index (χ2v) is 5.72. The van der Waals surface area contributed by atoms with Crippen LogP contribution in [-0.2, 0) is 4.74 Å². The molecular weight excluding hydrogens is 272 g/mol. The van der Waals surface area contributed by atoms with E-state index in [0.29, 0.717) is 12.2 Å². The molecule has 0 bridgehead atoms. The Labute approximate surface area is 133 Å². The molecule has 0 aliphatic carbocycles. The van der Waals surface area contributed by atoms with Gasteiger partial charge >= 0.3 is 5.97 Å². The molecule has 0 heterocycles. The SMILES string of the molecule is CCCCOC(=O)c1ccccc1-c1ccc(C)c(C)c1C.